The second kappa shape index (κ2) is 3.68. The van der Waals surface area contributed by atoms with Crippen molar-refractivity contribution in [3.05, 3.63) is 0 Å². The molecular formula is C11H15NO5. The van der Waals surface area contributed by atoms with E-state index in [1.165, 1.54) is 0 Å². The number of rotatable bonds is 1. The Morgan fingerprint density at radius 2 is 1.82 bits per heavy atom. The fourth-order valence-electron chi connectivity index (χ4n) is 2.78. The van der Waals surface area contributed by atoms with Crippen LogP contribution in [0.1, 0.15) is 32.1 Å². The van der Waals surface area contributed by atoms with Crippen molar-refractivity contribution in [1.82, 2.24) is 0 Å². The Bertz CT molecular complexity index is 362. The molecule has 2 heterocycles. The Labute approximate surface area is 98.5 Å². The number of ether oxygens (including phenoxy) is 2. The lowest BCUT2D eigenvalue weighted by molar-refractivity contribution is -0.206. The Morgan fingerprint density at radius 3 is 2.35 bits per heavy atom. The molecule has 94 valence electrons. The molecule has 0 atom stereocenters. The van der Waals surface area contributed by atoms with E-state index in [9.17, 15) is 4.79 Å². The summed E-state index contributed by atoms with van der Waals surface area (Å²) in [4.78, 5) is 16.2. The molecule has 1 aliphatic carbocycles. The van der Waals surface area contributed by atoms with E-state index in [2.05, 4.69) is 5.16 Å². The van der Waals surface area contributed by atoms with Crippen molar-refractivity contribution in [2.24, 2.45) is 5.16 Å². The molecule has 0 bridgehead atoms. The molecule has 1 N–H and O–H groups in total. The maximum Gasteiger partial charge on any atom is 0.353 e. The molecule has 1 saturated heterocycles. The average Bonchev–Trinajstić information content (AvgIpc) is 2.91. The van der Waals surface area contributed by atoms with Crippen LogP contribution in [-0.2, 0) is 19.1 Å². The predicted molar refractivity (Wildman–Crippen MR) is 56.6 cm³/mol. The molecule has 0 amide bonds. The summed E-state index contributed by atoms with van der Waals surface area (Å²) in [7, 11) is 0. The van der Waals surface area contributed by atoms with Gasteiger partial charge in [0.1, 0.15) is 5.60 Å². The van der Waals surface area contributed by atoms with Crippen LogP contribution in [0.5, 0.6) is 0 Å². The van der Waals surface area contributed by atoms with Crippen LogP contribution in [0.15, 0.2) is 5.16 Å². The minimum absolute atomic E-state index is 0.120. The van der Waals surface area contributed by atoms with E-state index in [1.807, 2.05) is 0 Å². The molecule has 3 rings (SSSR count). The summed E-state index contributed by atoms with van der Waals surface area (Å²) in [5.41, 5.74) is -0.317. The number of aliphatic carboxylic acids is 1. The van der Waals surface area contributed by atoms with E-state index < -0.39 is 17.4 Å². The van der Waals surface area contributed by atoms with Crippen LogP contribution in [-0.4, -0.2) is 41.4 Å². The lowest BCUT2D eigenvalue weighted by atomic mass is 9.78. The minimum atomic E-state index is -0.990. The lowest BCUT2D eigenvalue weighted by Crippen LogP contribution is -2.44. The highest BCUT2D eigenvalue weighted by atomic mass is 16.7. The van der Waals surface area contributed by atoms with Crippen LogP contribution < -0.4 is 0 Å². The number of oxime groups is 1. The van der Waals surface area contributed by atoms with Gasteiger partial charge in [0.05, 0.1) is 13.2 Å². The van der Waals surface area contributed by atoms with Gasteiger partial charge in [-0.05, 0) is 12.8 Å². The third-order valence-electron chi connectivity index (χ3n) is 3.82. The molecule has 3 aliphatic rings. The summed E-state index contributed by atoms with van der Waals surface area (Å²) in [6.45, 7) is 1.29. The van der Waals surface area contributed by atoms with E-state index >= 15 is 0 Å². The standard InChI is InChI=1S/C11H15NO5/c13-9(14)8-7-10(17-12-8)1-3-11(4-2-10)15-5-6-16-11/h1-7H2,(H,13,14). The molecular weight excluding hydrogens is 226 g/mol. The molecule has 0 unspecified atom stereocenters. The zero-order chi connectivity index (χ0) is 11.9. The van der Waals surface area contributed by atoms with Crippen LogP contribution >= 0.6 is 0 Å². The van der Waals surface area contributed by atoms with E-state index in [-0.39, 0.29) is 5.71 Å². The first kappa shape index (κ1) is 11.0. The Hall–Kier alpha value is -1.14. The fourth-order valence-corrected chi connectivity index (χ4v) is 2.78. The zero-order valence-corrected chi connectivity index (χ0v) is 9.48. The molecule has 6 heteroatoms. The first-order valence-corrected chi connectivity index (χ1v) is 5.89. The van der Waals surface area contributed by atoms with Gasteiger partial charge in [-0.1, -0.05) is 5.16 Å². The summed E-state index contributed by atoms with van der Waals surface area (Å²) in [5, 5.41) is 12.5. The van der Waals surface area contributed by atoms with E-state index in [0.717, 1.165) is 25.7 Å². The van der Waals surface area contributed by atoms with E-state index in [4.69, 9.17) is 19.4 Å². The molecule has 0 aromatic carbocycles. The SMILES string of the molecule is O=C(O)C1=NOC2(CCC3(CC2)OCCO3)C1. The van der Waals surface area contributed by atoms with Crippen molar-refractivity contribution >= 4 is 11.7 Å². The minimum Gasteiger partial charge on any atom is -0.477 e. The normalized spacial score (nSPS) is 29.3. The van der Waals surface area contributed by atoms with Crippen LogP contribution in [0, 0.1) is 0 Å². The molecule has 2 aliphatic heterocycles. The fraction of sp³-hybridized carbons (Fsp3) is 0.818. The number of carbonyl (C=O) groups is 1. The molecule has 2 spiro atoms. The largest absolute Gasteiger partial charge is 0.477 e. The summed E-state index contributed by atoms with van der Waals surface area (Å²) in [5.74, 6) is -1.43. The number of hydrogen-bond donors (Lipinski definition) is 1. The van der Waals surface area contributed by atoms with Crippen LogP contribution in [0.25, 0.3) is 0 Å². The summed E-state index contributed by atoms with van der Waals surface area (Å²) < 4.78 is 11.3. The van der Waals surface area contributed by atoms with E-state index in [1.54, 1.807) is 0 Å². The van der Waals surface area contributed by atoms with Crippen molar-refractivity contribution in [2.45, 2.75) is 43.5 Å². The number of nitrogens with zero attached hydrogens (tertiary/aromatic N) is 1. The quantitative estimate of drug-likeness (QED) is 0.738. The van der Waals surface area contributed by atoms with Crippen molar-refractivity contribution in [1.29, 1.82) is 0 Å². The molecule has 17 heavy (non-hydrogen) atoms. The van der Waals surface area contributed by atoms with Crippen LogP contribution in [0.2, 0.25) is 0 Å². The van der Waals surface area contributed by atoms with Gasteiger partial charge in [-0.2, -0.15) is 0 Å². The Balaban J connectivity index is 1.64. The second-order valence-corrected chi connectivity index (χ2v) is 4.90. The van der Waals surface area contributed by atoms with Crippen LogP contribution in [0.3, 0.4) is 0 Å². The first-order valence-electron chi connectivity index (χ1n) is 5.89. The maximum atomic E-state index is 10.8. The summed E-state index contributed by atoms with van der Waals surface area (Å²) >= 11 is 0. The van der Waals surface area contributed by atoms with Gasteiger partial charge in [0.25, 0.3) is 0 Å². The van der Waals surface area contributed by atoms with Crippen molar-refractivity contribution in [2.75, 3.05) is 13.2 Å². The Kier molecular flexibility index (Phi) is 2.38. The van der Waals surface area contributed by atoms with E-state index in [0.29, 0.717) is 19.6 Å². The molecule has 0 aromatic heterocycles. The second-order valence-electron chi connectivity index (χ2n) is 4.90. The highest BCUT2D eigenvalue weighted by Gasteiger charge is 2.50. The summed E-state index contributed by atoms with van der Waals surface area (Å²) in [6, 6.07) is 0. The molecule has 0 radical (unpaired) electrons. The molecule has 1 saturated carbocycles. The smallest absolute Gasteiger partial charge is 0.353 e. The number of carboxylic acid groups (broad SMARTS) is 1. The number of hydrogen-bond acceptors (Lipinski definition) is 5. The van der Waals surface area contributed by atoms with Crippen molar-refractivity contribution < 1.29 is 24.2 Å². The lowest BCUT2D eigenvalue weighted by Gasteiger charge is -2.39. The zero-order valence-electron chi connectivity index (χ0n) is 9.48. The molecule has 2 fully saturated rings. The Morgan fingerprint density at radius 1 is 1.18 bits per heavy atom. The van der Waals surface area contributed by atoms with Gasteiger partial charge in [0.2, 0.25) is 0 Å². The van der Waals surface area contributed by atoms with Gasteiger partial charge in [-0.3, -0.25) is 0 Å². The molecule has 0 aromatic rings. The van der Waals surface area contributed by atoms with Crippen molar-refractivity contribution in [3.8, 4) is 0 Å². The van der Waals surface area contributed by atoms with Gasteiger partial charge in [-0.25, -0.2) is 4.79 Å². The third-order valence-corrected chi connectivity index (χ3v) is 3.82. The summed E-state index contributed by atoms with van der Waals surface area (Å²) in [6.07, 6.45) is 3.34. The topological polar surface area (TPSA) is 77.4 Å². The number of carboxylic acids is 1. The van der Waals surface area contributed by atoms with Gasteiger partial charge in [0, 0.05) is 19.3 Å². The third kappa shape index (κ3) is 1.81. The predicted octanol–water partition coefficient (Wildman–Crippen LogP) is 0.903. The van der Waals surface area contributed by atoms with Gasteiger partial charge < -0.3 is 19.4 Å². The monoisotopic (exact) mass is 241 g/mol. The first-order chi connectivity index (χ1) is 8.13. The van der Waals surface area contributed by atoms with Crippen molar-refractivity contribution in [3.63, 3.8) is 0 Å². The highest BCUT2D eigenvalue weighted by molar-refractivity contribution is 6.36. The molecule has 6 nitrogen and oxygen atoms in total. The van der Waals surface area contributed by atoms with Gasteiger partial charge >= 0.3 is 5.97 Å². The van der Waals surface area contributed by atoms with Gasteiger partial charge in [0.15, 0.2) is 11.5 Å². The van der Waals surface area contributed by atoms with Gasteiger partial charge in [-0.15, -0.1) is 0 Å². The average molecular weight is 241 g/mol. The highest BCUT2D eigenvalue weighted by Crippen LogP contribution is 2.45. The maximum absolute atomic E-state index is 10.8. The van der Waals surface area contributed by atoms with Crippen LogP contribution in [0.4, 0.5) is 0 Å².